The Balaban J connectivity index is 1.22. The molecule has 0 aliphatic rings. The fourth-order valence-electron chi connectivity index (χ4n) is 7.75. The molecule has 0 aliphatic carbocycles. The van der Waals surface area contributed by atoms with Gasteiger partial charge in [-0.15, -0.1) is 0 Å². The largest absolute Gasteiger partial charge is 0.309 e. The van der Waals surface area contributed by atoms with Crippen molar-refractivity contribution in [3.05, 3.63) is 188 Å². The molecule has 0 aliphatic heterocycles. The number of para-hydroxylation sites is 3. The molecule has 3 heteroatoms. The monoisotopic (exact) mass is 637 g/mol. The summed E-state index contributed by atoms with van der Waals surface area (Å²) >= 11 is 0. The van der Waals surface area contributed by atoms with Crippen LogP contribution in [0.15, 0.2) is 188 Å². The molecule has 0 N–H and O–H groups in total. The van der Waals surface area contributed by atoms with Gasteiger partial charge >= 0.3 is 0 Å². The molecule has 0 saturated carbocycles. The Morgan fingerprint density at radius 2 is 0.740 bits per heavy atom. The molecular weight excluding hydrogens is 607 g/mol. The summed E-state index contributed by atoms with van der Waals surface area (Å²) in [4.78, 5) is 4.77. The highest BCUT2D eigenvalue weighted by Crippen LogP contribution is 2.42. The van der Waals surface area contributed by atoms with Crippen LogP contribution in [0.2, 0.25) is 0 Å². The third kappa shape index (κ3) is 4.41. The van der Waals surface area contributed by atoms with Gasteiger partial charge in [-0.2, -0.15) is 0 Å². The number of aromatic nitrogens is 3. The molecule has 3 nitrogen and oxygen atoms in total. The fourth-order valence-corrected chi connectivity index (χ4v) is 7.75. The van der Waals surface area contributed by atoms with Gasteiger partial charge in [0.2, 0.25) is 0 Å². The topological polar surface area (TPSA) is 22.8 Å². The molecule has 0 unspecified atom stereocenters. The highest BCUT2D eigenvalue weighted by molar-refractivity contribution is 6.13. The summed E-state index contributed by atoms with van der Waals surface area (Å²) in [5.41, 5.74) is 13.9. The van der Waals surface area contributed by atoms with Crippen LogP contribution in [0.25, 0.3) is 88.4 Å². The third-order valence-corrected chi connectivity index (χ3v) is 10.0. The van der Waals surface area contributed by atoms with Gasteiger partial charge in [-0.3, -0.25) is 4.98 Å². The second-order valence-corrected chi connectivity index (χ2v) is 12.8. The van der Waals surface area contributed by atoms with Gasteiger partial charge in [-0.25, -0.2) is 0 Å². The van der Waals surface area contributed by atoms with E-state index in [4.69, 9.17) is 4.98 Å². The van der Waals surface area contributed by atoms with Crippen LogP contribution in [0.3, 0.4) is 0 Å². The zero-order valence-corrected chi connectivity index (χ0v) is 27.2. The van der Waals surface area contributed by atoms with E-state index in [2.05, 4.69) is 185 Å². The highest BCUT2D eigenvalue weighted by atomic mass is 15.0. The van der Waals surface area contributed by atoms with Crippen LogP contribution in [-0.4, -0.2) is 14.1 Å². The lowest BCUT2D eigenvalue weighted by molar-refractivity contribution is 1.16. The Bertz CT molecular complexity index is 2790. The van der Waals surface area contributed by atoms with Crippen LogP contribution in [0, 0.1) is 0 Å². The molecule has 3 heterocycles. The zero-order valence-electron chi connectivity index (χ0n) is 27.2. The van der Waals surface area contributed by atoms with Crippen molar-refractivity contribution in [1.82, 2.24) is 14.1 Å². The van der Waals surface area contributed by atoms with Crippen molar-refractivity contribution in [2.45, 2.75) is 0 Å². The van der Waals surface area contributed by atoms with E-state index in [1.807, 2.05) is 12.4 Å². The lowest BCUT2D eigenvalue weighted by atomic mass is 9.98. The average Bonchev–Trinajstić information content (AvgIpc) is 3.70. The molecule has 0 fully saturated rings. The number of rotatable bonds is 5. The minimum absolute atomic E-state index is 1.10. The van der Waals surface area contributed by atoms with Crippen LogP contribution < -0.4 is 0 Å². The van der Waals surface area contributed by atoms with Gasteiger partial charge in [0, 0.05) is 50.8 Å². The van der Waals surface area contributed by atoms with E-state index in [-0.39, 0.29) is 0 Å². The van der Waals surface area contributed by atoms with Crippen LogP contribution in [0.5, 0.6) is 0 Å². The summed E-state index contributed by atoms with van der Waals surface area (Å²) in [6, 6.07) is 63.2. The maximum Gasteiger partial charge on any atom is 0.0649 e. The van der Waals surface area contributed by atoms with E-state index < -0.39 is 0 Å². The second-order valence-electron chi connectivity index (χ2n) is 12.8. The summed E-state index contributed by atoms with van der Waals surface area (Å²) in [7, 11) is 0. The number of nitrogens with zero attached hydrogens (tertiary/aromatic N) is 3. The van der Waals surface area contributed by atoms with Crippen molar-refractivity contribution in [3.63, 3.8) is 0 Å². The minimum atomic E-state index is 1.10. The van der Waals surface area contributed by atoms with Crippen molar-refractivity contribution in [3.8, 4) is 44.8 Å². The Morgan fingerprint density at radius 3 is 1.28 bits per heavy atom. The molecule has 0 bridgehead atoms. The Hall–Kier alpha value is -6.71. The predicted octanol–water partition coefficient (Wildman–Crippen LogP) is 12.3. The first kappa shape index (κ1) is 28.3. The molecule has 10 aromatic rings. The number of hydrogen-bond acceptors (Lipinski definition) is 1. The Labute approximate surface area is 290 Å². The molecule has 0 saturated heterocycles. The van der Waals surface area contributed by atoms with Gasteiger partial charge in [-0.05, 0) is 70.8 Å². The minimum Gasteiger partial charge on any atom is -0.309 e. The van der Waals surface area contributed by atoms with E-state index in [1.54, 1.807) is 0 Å². The zero-order chi connectivity index (χ0) is 33.0. The van der Waals surface area contributed by atoms with Crippen LogP contribution in [-0.2, 0) is 0 Å². The maximum atomic E-state index is 4.77. The number of hydrogen-bond donors (Lipinski definition) is 0. The van der Waals surface area contributed by atoms with Gasteiger partial charge in [0.05, 0.1) is 27.8 Å². The molecule has 50 heavy (non-hydrogen) atoms. The summed E-state index contributed by atoms with van der Waals surface area (Å²) < 4.78 is 4.81. The first-order valence-corrected chi connectivity index (χ1v) is 17.0. The number of benzene rings is 7. The van der Waals surface area contributed by atoms with Crippen molar-refractivity contribution < 1.29 is 0 Å². The number of pyridine rings is 1. The van der Waals surface area contributed by atoms with Crippen molar-refractivity contribution >= 4 is 43.6 Å². The first-order valence-electron chi connectivity index (χ1n) is 17.0. The molecule has 0 radical (unpaired) electrons. The van der Waals surface area contributed by atoms with E-state index in [9.17, 15) is 0 Å². The highest BCUT2D eigenvalue weighted by Gasteiger charge is 2.21. The molecule has 7 aromatic carbocycles. The average molecular weight is 638 g/mol. The molecule has 0 amide bonds. The summed E-state index contributed by atoms with van der Waals surface area (Å²) in [5.74, 6) is 0. The van der Waals surface area contributed by atoms with Crippen molar-refractivity contribution in [1.29, 1.82) is 0 Å². The predicted molar refractivity (Wildman–Crippen MR) is 209 cm³/mol. The first-order chi connectivity index (χ1) is 24.8. The van der Waals surface area contributed by atoms with E-state index in [0.29, 0.717) is 0 Å². The van der Waals surface area contributed by atoms with E-state index in [0.717, 1.165) is 33.5 Å². The molecule has 0 spiro atoms. The fraction of sp³-hybridized carbons (Fsp3) is 0. The summed E-state index contributed by atoms with van der Waals surface area (Å²) in [6.45, 7) is 0. The van der Waals surface area contributed by atoms with Gasteiger partial charge < -0.3 is 9.13 Å². The quantitative estimate of drug-likeness (QED) is 0.184. The Kier molecular flexibility index (Phi) is 6.49. The summed E-state index contributed by atoms with van der Waals surface area (Å²) in [5, 5.41) is 4.95. The summed E-state index contributed by atoms with van der Waals surface area (Å²) in [6.07, 6.45) is 4.01. The molecule has 234 valence electrons. The van der Waals surface area contributed by atoms with Crippen LogP contribution >= 0.6 is 0 Å². The van der Waals surface area contributed by atoms with Crippen LogP contribution in [0.4, 0.5) is 0 Å². The molecule has 0 atom stereocenters. The van der Waals surface area contributed by atoms with E-state index >= 15 is 0 Å². The van der Waals surface area contributed by atoms with Gasteiger partial charge in [0.25, 0.3) is 0 Å². The number of fused-ring (bicyclic) bond motifs is 6. The lowest BCUT2D eigenvalue weighted by Crippen LogP contribution is -2.01. The van der Waals surface area contributed by atoms with Gasteiger partial charge in [-0.1, -0.05) is 127 Å². The second kappa shape index (κ2) is 11.5. The van der Waals surface area contributed by atoms with E-state index in [1.165, 1.54) is 54.9 Å². The smallest absolute Gasteiger partial charge is 0.0649 e. The normalized spacial score (nSPS) is 11.6. The standard InChI is InChI=1S/C47H31N3/c1-4-14-32(15-5-1)41-30-48-31-42(33-16-6-2-7-17-33)47(41)50-44-23-13-11-21-38(44)40-29-35(25-27-46(40)50)34-24-26-45-39(28-34)37-20-10-12-22-43(37)49(45)36-18-8-3-9-19-36/h1-31H. The Morgan fingerprint density at radius 1 is 0.320 bits per heavy atom. The van der Waals surface area contributed by atoms with Crippen molar-refractivity contribution in [2.75, 3.05) is 0 Å². The SMILES string of the molecule is c1ccc(-c2cncc(-c3ccccc3)c2-n2c3ccccc3c3cc(-c4ccc5c(c4)c4ccccc4n5-c4ccccc4)ccc32)cc1. The molecular formula is C47H31N3. The lowest BCUT2D eigenvalue weighted by Gasteiger charge is -2.18. The maximum absolute atomic E-state index is 4.77. The van der Waals surface area contributed by atoms with Gasteiger partial charge in [0.15, 0.2) is 0 Å². The molecule has 3 aromatic heterocycles. The van der Waals surface area contributed by atoms with Crippen molar-refractivity contribution in [2.24, 2.45) is 0 Å². The van der Waals surface area contributed by atoms with Crippen LogP contribution in [0.1, 0.15) is 0 Å². The van der Waals surface area contributed by atoms with Gasteiger partial charge in [0.1, 0.15) is 0 Å². The third-order valence-electron chi connectivity index (χ3n) is 10.0. The molecule has 10 rings (SSSR count).